The summed E-state index contributed by atoms with van der Waals surface area (Å²) in [4.78, 5) is 28.6. The molecular weight excluding hydrogens is 316 g/mol. The number of methoxy groups -OCH3 is 2. The number of esters is 1. The molecule has 0 saturated carbocycles. The minimum atomic E-state index is -1.07. The molecule has 9 nitrogen and oxygen atoms in total. The van der Waals surface area contributed by atoms with Crippen LogP contribution >= 0.6 is 0 Å². The van der Waals surface area contributed by atoms with Gasteiger partial charge >= 0.3 is 5.97 Å². The fourth-order valence-electron chi connectivity index (χ4n) is 2.34. The van der Waals surface area contributed by atoms with Crippen LogP contribution in [-0.4, -0.2) is 50.5 Å². The van der Waals surface area contributed by atoms with Crippen molar-refractivity contribution >= 4 is 23.3 Å². The van der Waals surface area contributed by atoms with Gasteiger partial charge in [0.25, 0.3) is 5.91 Å². The number of aliphatic hydroxyl groups excluding tert-OH is 1. The maximum absolute atomic E-state index is 12.6. The van der Waals surface area contributed by atoms with Crippen LogP contribution < -0.4 is 4.90 Å². The third-order valence-electron chi connectivity index (χ3n) is 3.33. The first-order valence-electron chi connectivity index (χ1n) is 7.16. The van der Waals surface area contributed by atoms with Crippen LogP contribution in [0.5, 0.6) is 0 Å². The quantitative estimate of drug-likeness (QED) is 0.335. The van der Waals surface area contributed by atoms with Crippen LogP contribution in [0.15, 0.2) is 23.3 Å². The smallest absolute Gasteiger partial charge is 0.329 e. The van der Waals surface area contributed by atoms with Crippen molar-refractivity contribution in [2.24, 2.45) is 5.11 Å². The van der Waals surface area contributed by atoms with Gasteiger partial charge in [-0.25, -0.2) is 4.79 Å². The Morgan fingerprint density at radius 2 is 2.12 bits per heavy atom. The molecule has 0 bridgehead atoms. The number of azide groups is 1. The standard InChI is InChI=1S/C15H20N4O5/c1-10-5-4-6-11(17-18-16)14(10)19(13(21)9-23-2)12(7-8-20)15(22)24-3/h4-6,12,20H,7-9H2,1-3H3. The van der Waals surface area contributed by atoms with E-state index in [1.807, 2.05) is 0 Å². The van der Waals surface area contributed by atoms with E-state index < -0.39 is 17.9 Å². The topological polar surface area (TPSA) is 125 Å². The average molecular weight is 336 g/mol. The minimum Gasteiger partial charge on any atom is -0.467 e. The minimum absolute atomic E-state index is 0.0355. The number of carbonyl (C=O) groups excluding carboxylic acids is 2. The SMILES string of the molecule is COCC(=O)N(c1c(C)cccc1N=[N+]=[N-])C(CCO)C(=O)OC. The zero-order chi connectivity index (χ0) is 18.1. The highest BCUT2D eigenvalue weighted by atomic mass is 16.5. The zero-order valence-corrected chi connectivity index (χ0v) is 13.8. The van der Waals surface area contributed by atoms with Gasteiger partial charge in [-0.1, -0.05) is 23.3 Å². The van der Waals surface area contributed by atoms with Gasteiger partial charge in [0.05, 0.1) is 18.5 Å². The first-order chi connectivity index (χ1) is 11.5. The van der Waals surface area contributed by atoms with Crippen LogP contribution in [0.1, 0.15) is 12.0 Å². The van der Waals surface area contributed by atoms with Crippen molar-refractivity contribution in [1.29, 1.82) is 0 Å². The maximum atomic E-state index is 12.6. The van der Waals surface area contributed by atoms with Gasteiger partial charge < -0.3 is 14.6 Å². The molecule has 24 heavy (non-hydrogen) atoms. The molecule has 0 aliphatic carbocycles. The second kappa shape index (κ2) is 9.51. The fraction of sp³-hybridized carbons (Fsp3) is 0.467. The molecule has 1 aromatic rings. The van der Waals surface area contributed by atoms with Crippen molar-refractivity contribution < 1.29 is 24.2 Å². The highest BCUT2D eigenvalue weighted by Crippen LogP contribution is 2.34. The number of hydrogen-bond donors (Lipinski definition) is 1. The second-order valence-corrected chi connectivity index (χ2v) is 4.88. The molecule has 0 radical (unpaired) electrons. The normalized spacial score (nSPS) is 11.3. The van der Waals surface area contributed by atoms with Crippen LogP contribution in [0, 0.1) is 6.92 Å². The van der Waals surface area contributed by atoms with Gasteiger partial charge in [0.2, 0.25) is 0 Å². The van der Waals surface area contributed by atoms with E-state index >= 15 is 0 Å². The van der Waals surface area contributed by atoms with Gasteiger partial charge in [0.15, 0.2) is 0 Å². The lowest BCUT2D eigenvalue weighted by Gasteiger charge is -2.31. The lowest BCUT2D eigenvalue weighted by molar-refractivity contribution is -0.144. The molecule has 9 heteroatoms. The molecule has 0 aliphatic rings. The molecular formula is C15H20N4O5. The number of para-hydroxylation sites is 1. The number of aryl methyl sites for hydroxylation is 1. The van der Waals surface area contributed by atoms with E-state index in [-0.39, 0.29) is 31.0 Å². The van der Waals surface area contributed by atoms with Crippen LogP contribution in [0.3, 0.4) is 0 Å². The number of ether oxygens (including phenoxy) is 2. The van der Waals surface area contributed by atoms with Crippen LogP contribution in [0.4, 0.5) is 11.4 Å². The lowest BCUT2D eigenvalue weighted by atomic mass is 10.1. The Hall–Kier alpha value is -2.61. The summed E-state index contributed by atoms with van der Waals surface area (Å²) in [5.74, 6) is -1.21. The number of hydrogen-bond acceptors (Lipinski definition) is 6. The molecule has 0 spiro atoms. The van der Waals surface area contributed by atoms with Crippen LogP contribution in [0.2, 0.25) is 0 Å². The van der Waals surface area contributed by atoms with E-state index in [1.165, 1.54) is 20.3 Å². The van der Waals surface area contributed by atoms with Gasteiger partial charge in [0.1, 0.15) is 12.6 Å². The molecule has 1 unspecified atom stereocenters. The summed E-state index contributed by atoms with van der Waals surface area (Å²) >= 11 is 0. The molecule has 130 valence electrons. The molecule has 0 aliphatic heterocycles. The van der Waals surface area contributed by atoms with E-state index in [0.29, 0.717) is 5.56 Å². The van der Waals surface area contributed by atoms with Crippen LogP contribution in [-0.2, 0) is 19.1 Å². The summed E-state index contributed by atoms with van der Waals surface area (Å²) in [6, 6.07) is 3.84. The molecule has 1 aromatic carbocycles. The number of rotatable bonds is 8. The number of aliphatic hydroxyl groups is 1. The molecule has 1 atom stereocenters. The number of amides is 1. The Balaban J connectivity index is 3.56. The van der Waals surface area contributed by atoms with E-state index in [9.17, 15) is 14.7 Å². The highest BCUT2D eigenvalue weighted by molar-refractivity contribution is 6.03. The predicted molar refractivity (Wildman–Crippen MR) is 86.9 cm³/mol. The fourth-order valence-corrected chi connectivity index (χ4v) is 2.34. The molecule has 0 fully saturated rings. The second-order valence-electron chi connectivity index (χ2n) is 4.88. The first-order valence-corrected chi connectivity index (χ1v) is 7.16. The number of carbonyl (C=O) groups is 2. The Kier molecular flexibility index (Phi) is 7.70. The maximum Gasteiger partial charge on any atom is 0.329 e. The molecule has 1 amide bonds. The van der Waals surface area contributed by atoms with E-state index in [4.69, 9.17) is 15.0 Å². The van der Waals surface area contributed by atoms with Gasteiger partial charge in [0, 0.05) is 25.0 Å². The zero-order valence-electron chi connectivity index (χ0n) is 13.8. The lowest BCUT2D eigenvalue weighted by Crippen LogP contribution is -2.48. The van der Waals surface area contributed by atoms with Crippen molar-refractivity contribution in [3.8, 4) is 0 Å². The number of anilines is 1. The first kappa shape index (κ1) is 19.4. The van der Waals surface area contributed by atoms with Crippen molar-refractivity contribution in [3.63, 3.8) is 0 Å². The summed E-state index contributed by atoms with van der Waals surface area (Å²) in [5, 5.41) is 12.9. The predicted octanol–water partition coefficient (Wildman–Crippen LogP) is 1.84. The third kappa shape index (κ3) is 4.45. The van der Waals surface area contributed by atoms with E-state index in [2.05, 4.69) is 10.0 Å². The van der Waals surface area contributed by atoms with E-state index in [0.717, 1.165) is 4.90 Å². The van der Waals surface area contributed by atoms with Gasteiger partial charge in [-0.15, -0.1) is 0 Å². The number of nitrogens with zero attached hydrogens (tertiary/aromatic N) is 4. The number of benzene rings is 1. The monoisotopic (exact) mass is 336 g/mol. The van der Waals surface area contributed by atoms with Crippen molar-refractivity contribution in [1.82, 2.24) is 0 Å². The summed E-state index contributed by atoms with van der Waals surface area (Å²) in [5.41, 5.74) is 9.84. The highest BCUT2D eigenvalue weighted by Gasteiger charge is 2.33. The van der Waals surface area contributed by atoms with Crippen molar-refractivity contribution in [3.05, 3.63) is 34.2 Å². The Labute approximate surface area is 139 Å². The molecule has 0 aromatic heterocycles. The van der Waals surface area contributed by atoms with Crippen molar-refractivity contribution in [2.45, 2.75) is 19.4 Å². The summed E-state index contributed by atoms with van der Waals surface area (Å²) in [6.45, 7) is 1.09. The largest absolute Gasteiger partial charge is 0.467 e. The van der Waals surface area contributed by atoms with Gasteiger partial charge in [-0.2, -0.15) is 0 Å². The summed E-state index contributed by atoms with van der Waals surface area (Å²) in [6.07, 6.45) is -0.0355. The average Bonchev–Trinajstić information content (AvgIpc) is 2.56. The third-order valence-corrected chi connectivity index (χ3v) is 3.33. The van der Waals surface area contributed by atoms with E-state index in [1.54, 1.807) is 19.1 Å². The summed E-state index contributed by atoms with van der Waals surface area (Å²) in [7, 11) is 2.54. The van der Waals surface area contributed by atoms with Gasteiger partial charge in [-0.05, 0) is 18.0 Å². The van der Waals surface area contributed by atoms with Crippen molar-refractivity contribution in [2.75, 3.05) is 32.3 Å². The molecule has 1 N–H and O–H groups in total. The van der Waals surface area contributed by atoms with Gasteiger partial charge in [-0.3, -0.25) is 9.69 Å². The molecule has 1 rings (SSSR count). The van der Waals surface area contributed by atoms with Crippen LogP contribution in [0.25, 0.3) is 10.4 Å². The Morgan fingerprint density at radius 1 is 1.42 bits per heavy atom. The molecule has 0 saturated heterocycles. The Bertz CT molecular complexity index is 643. The summed E-state index contributed by atoms with van der Waals surface area (Å²) < 4.78 is 9.63. The molecule has 0 heterocycles. The Morgan fingerprint density at radius 3 is 2.67 bits per heavy atom.